The van der Waals surface area contributed by atoms with E-state index in [-0.39, 0.29) is 0 Å². The highest BCUT2D eigenvalue weighted by molar-refractivity contribution is 7.99. The van der Waals surface area contributed by atoms with Crippen molar-refractivity contribution in [3.63, 3.8) is 0 Å². The topological polar surface area (TPSA) is 37.8 Å². The number of nitrogens with one attached hydrogen (secondary N) is 1. The van der Waals surface area contributed by atoms with Crippen LogP contribution >= 0.6 is 11.8 Å². The Morgan fingerprint density at radius 1 is 1.38 bits per heavy atom. The van der Waals surface area contributed by atoms with Crippen molar-refractivity contribution in [2.45, 2.75) is 44.3 Å². The van der Waals surface area contributed by atoms with Crippen LogP contribution in [0.25, 0.3) is 0 Å². The maximum absolute atomic E-state index is 4.18. The molecule has 0 saturated heterocycles. The predicted octanol–water partition coefficient (Wildman–Crippen LogP) is 2.74. The van der Waals surface area contributed by atoms with E-state index < -0.39 is 0 Å². The van der Waals surface area contributed by atoms with E-state index in [1.165, 1.54) is 19.3 Å². The van der Waals surface area contributed by atoms with Gasteiger partial charge in [-0.05, 0) is 38.8 Å². The molecule has 0 fully saturated rings. The minimum atomic E-state index is 0.622. The van der Waals surface area contributed by atoms with Gasteiger partial charge in [0.2, 0.25) is 0 Å². The van der Waals surface area contributed by atoms with Crippen LogP contribution in [0.4, 0.5) is 0 Å². The van der Waals surface area contributed by atoms with Gasteiger partial charge in [0.1, 0.15) is 0 Å². The van der Waals surface area contributed by atoms with Gasteiger partial charge in [0.05, 0.1) is 0 Å². The summed E-state index contributed by atoms with van der Waals surface area (Å²) in [5.41, 5.74) is 0. The highest BCUT2D eigenvalue weighted by atomic mass is 32.2. The van der Waals surface area contributed by atoms with E-state index >= 15 is 0 Å². The largest absolute Gasteiger partial charge is 0.314 e. The molecule has 90 valence electrons. The average Bonchev–Trinajstić information content (AvgIpc) is 2.33. The summed E-state index contributed by atoms with van der Waals surface area (Å²) in [5, 5.41) is 4.38. The normalized spacial score (nSPS) is 12.6. The molecule has 3 nitrogen and oxygen atoms in total. The molecule has 0 aliphatic rings. The predicted molar refractivity (Wildman–Crippen MR) is 69.7 cm³/mol. The van der Waals surface area contributed by atoms with Gasteiger partial charge in [0.25, 0.3) is 0 Å². The smallest absolute Gasteiger partial charge is 0.187 e. The Labute approximate surface area is 102 Å². The zero-order chi connectivity index (χ0) is 11.6. The molecular formula is C12H21N3S. The number of nitrogens with zero attached hydrogens (tertiary/aromatic N) is 2. The molecule has 16 heavy (non-hydrogen) atoms. The van der Waals surface area contributed by atoms with E-state index in [9.17, 15) is 0 Å². The molecule has 1 unspecified atom stereocenters. The molecule has 1 atom stereocenters. The van der Waals surface area contributed by atoms with Gasteiger partial charge in [-0.3, -0.25) is 0 Å². The second-order valence-electron chi connectivity index (χ2n) is 3.88. The fourth-order valence-corrected chi connectivity index (χ4v) is 2.17. The molecule has 0 spiro atoms. The maximum Gasteiger partial charge on any atom is 0.187 e. The quantitative estimate of drug-likeness (QED) is 0.430. The SMILES string of the molecule is CCCNC(C)CCCSc1ncccn1. The van der Waals surface area contributed by atoms with Gasteiger partial charge in [0.15, 0.2) is 5.16 Å². The molecule has 0 aliphatic carbocycles. The lowest BCUT2D eigenvalue weighted by Crippen LogP contribution is -2.26. The Bertz CT molecular complexity index is 266. The molecule has 0 amide bonds. The van der Waals surface area contributed by atoms with Crippen LogP contribution in [0.15, 0.2) is 23.6 Å². The lowest BCUT2D eigenvalue weighted by molar-refractivity contribution is 0.510. The Hall–Kier alpha value is -0.610. The number of hydrogen-bond donors (Lipinski definition) is 1. The zero-order valence-electron chi connectivity index (χ0n) is 10.1. The Morgan fingerprint density at radius 3 is 2.81 bits per heavy atom. The summed E-state index contributed by atoms with van der Waals surface area (Å²) in [7, 11) is 0. The molecule has 0 bridgehead atoms. The highest BCUT2D eigenvalue weighted by Gasteiger charge is 2.01. The van der Waals surface area contributed by atoms with Gasteiger partial charge >= 0.3 is 0 Å². The molecule has 1 rings (SSSR count). The first kappa shape index (κ1) is 13.5. The molecule has 0 saturated carbocycles. The number of thioether (sulfide) groups is 1. The highest BCUT2D eigenvalue weighted by Crippen LogP contribution is 2.13. The summed E-state index contributed by atoms with van der Waals surface area (Å²) in [6.45, 7) is 5.57. The van der Waals surface area contributed by atoms with Crippen molar-refractivity contribution >= 4 is 11.8 Å². The van der Waals surface area contributed by atoms with Crippen LogP contribution in [0, 0.1) is 0 Å². The molecule has 1 aromatic heterocycles. The molecular weight excluding hydrogens is 218 g/mol. The van der Waals surface area contributed by atoms with Crippen molar-refractivity contribution < 1.29 is 0 Å². The standard InChI is InChI=1S/C12H21N3S/c1-3-7-13-11(2)6-4-10-16-12-14-8-5-9-15-12/h5,8-9,11,13H,3-4,6-7,10H2,1-2H3. The molecule has 1 heterocycles. The van der Waals surface area contributed by atoms with E-state index in [0.29, 0.717) is 6.04 Å². The van der Waals surface area contributed by atoms with Gasteiger partial charge < -0.3 is 5.32 Å². The molecule has 0 aliphatic heterocycles. The van der Waals surface area contributed by atoms with E-state index in [4.69, 9.17) is 0 Å². The van der Waals surface area contributed by atoms with E-state index in [1.54, 1.807) is 24.2 Å². The fraction of sp³-hybridized carbons (Fsp3) is 0.667. The van der Waals surface area contributed by atoms with Crippen LogP contribution in [-0.2, 0) is 0 Å². The van der Waals surface area contributed by atoms with Gasteiger partial charge in [0, 0.05) is 24.2 Å². The first-order valence-corrected chi connectivity index (χ1v) is 6.94. The van der Waals surface area contributed by atoms with Crippen LogP contribution in [0.5, 0.6) is 0 Å². The molecule has 4 heteroatoms. The molecule has 1 N–H and O–H groups in total. The second-order valence-corrected chi connectivity index (χ2v) is 4.94. The van der Waals surface area contributed by atoms with E-state index in [0.717, 1.165) is 17.5 Å². The lowest BCUT2D eigenvalue weighted by atomic mass is 10.2. The third-order valence-corrected chi connectivity index (χ3v) is 3.26. The van der Waals surface area contributed by atoms with Gasteiger partial charge in [-0.15, -0.1) is 0 Å². The van der Waals surface area contributed by atoms with Crippen LogP contribution in [-0.4, -0.2) is 28.3 Å². The molecule has 0 radical (unpaired) electrons. The van der Waals surface area contributed by atoms with Crippen molar-refractivity contribution in [2.24, 2.45) is 0 Å². The summed E-state index contributed by atoms with van der Waals surface area (Å²) in [4.78, 5) is 8.36. The summed E-state index contributed by atoms with van der Waals surface area (Å²) in [5.74, 6) is 1.10. The van der Waals surface area contributed by atoms with Crippen LogP contribution in [0.2, 0.25) is 0 Å². The number of aromatic nitrogens is 2. The van der Waals surface area contributed by atoms with Crippen molar-refractivity contribution in [1.29, 1.82) is 0 Å². The average molecular weight is 239 g/mol. The van der Waals surface area contributed by atoms with Crippen LogP contribution in [0.3, 0.4) is 0 Å². The number of rotatable bonds is 8. The third-order valence-electron chi connectivity index (χ3n) is 2.30. The monoisotopic (exact) mass is 239 g/mol. The third kappa shape index (κ3) is 6.08. The Balaban J connectivity index is 2.03. The first-order chi connectivity index (χ1) is 7.83. The molecule has 0 aromatic carbocycles. The van der Waals surface area contributed by atoms with Crippen molar-refractivity contribution in [3.05, 3.63) is 18.5 Å². The zero-order valence-corrected chi connectivity index (χ0v) is 11.0. The van der Waals surface area contributed by atoms with Crippen molar-refractivity contribution in [3.8, 4) is 0 Å². The van der Waals surface area contributed by atoms with Crippen LogP contribution in [0.1, 0.15) is 33.1 Å². The molecule has 1 aromatic rings. The Kier molecular flexibility index (Phi) is 7.17. The van der Waals surface area contributed by atoms with Crippen molar-refractivity contribution in [2.75, 3.05) is 12.3 Å². The first-order valence-electron chi connectivity index (χ1n) is 5.96. The fourth-order valence-electron chi connectivity index (χ4n) is 1.41. The van der Waals surface area contributed by atoms with Crippen molar-refractivity contribution in [1.82, 2.24) is 15.3 Å². The van der Waals surface area contributed by atoms with Gasteiger partial charge in [-0.2, -0.15) is 0 Å². The number of hydrogen-bond acceptors (Lipinski definition) is 4. The summed E-state index contributed by atoms with van der Waals surface area (Å²) in [6, 6.07) is 2.47. The lowest BCUT2D eigenvalue weighted by Gasteiger charge is -2.12. The van der Waals surface area contributed by atoms with E-state index in [1.807, 2.05) is 6.07 Å². The summed E-state index contributed by atoms with van der Waals surface area (Å²) < 4.78 is 0. The van der Waals surface area contributed by atoms with Gasteiger partial charge in [-0.1, -0.05) is 18.7 Å². The van der Waals surface area contributed by atoms with Gasteiger partial charge in [-0.25, -0.2) is 9.97 Å². The Morgan fingerprint density at radius 2 is 2.12 bits per heavy atom. The maximum atomic E-state index is 4.18. The summed E-state index contributed by atoms with van der Waals surface area (Å²) >= 11 is 1.74. The van der Waals surface area contributed by atoms with E-state index in [2.05, 4.69) is 29.1 Å². The minimum absolute atomic E-state index is 0.622. The van der Waals surface area contributed by atoms with Crippen LogP contribution < -0.4 is 5.32 Å². The minimum Gasteiger partial charge on any atom is -0.314 e. The second kappa shape index (κ2) is 8.53. The summed E-state index contributed by atoms with van der Waals surface area (Å²) in [6.07, 6.45) is 7.22.